The van der Waals surface area contributed by atoms with Crippen LogP contribution in [0.3, 0.4) is 0 Å². The minimum atomic E-state index is 0.0113. The highest BCUT2D eigenvalue weighted by molar-refractivity contribution is 5.96. The molecule has 1 saturated heterocycles. The first-order valence-electron chi connectivity index (χ1n) is 12.1. The van der Waals surface area contributed by atoms with E-state index in [-0.39, 0.29) is 11.8 Å². The molecular formula is C28H31N5O2. The first-order valence-corrected chi connectivity index (χ1v) is 12.1. The summed E-state index contributed by atoms with van der Waals surface area (Å²) in [6, 6.07) is 18.2. The Morgan fingerprint density at radius 1 is 0.971 bits per heavy atom. The smallest absolute Gasteiger partial charge is 0.257 e. The largest absolute Gasteiger partial charge is 0.495 e. The van der Waals surface area contributed by atoms with Crippen LogP contribution in [0.25, 0.3) is 16.8 Å². The molecule has 35 heavy (non-hydrogen) atoms. The molecule has 2 aromatic carbocycles. The third-order valence-electron chi connectivity index (χ3n) is 6.69. The van der Waals surface area contributed by atoms with E-state index in [1.165, 1.54) is 0 Å². The van der Waals surface area contributed by atoms with Crippen molar-refractivity contribution in [3.05, 3.63) is 77.7 Å². The SMILES string of the molecule is COc1ccccc1N1CCN(C(=O)c2cnc3c(-c4ccccc4)c(C)nn3c2C(C)C)CC1. The number of hydrogen-bond donors (Lipinski definition) is 0. The zero-order valence-electron chi connectivity index (χ0n) is 20.7. The van der Waals surface area contributed by atoms with Gasteiger partial charge in [0.15, 0.2) is 5.65 Å². The van der Waals surface area contributed by atoms with E-state index in [1.54, 1.807) is 13.3 Å². The quantitative estimate of drug-likeness (QED) is 0.420. The van der Waals surface area contributed by atoms with Crippen LogP contribution >= 0.6 is 0 Å². The molecule has 0 atom stereocenters. The zero-order valence-corrected chi connectivity index (χ0v) is 20.7. The van der Waals surface area contributed by atoms with Crippen molar-refractivity contribution in [3.8, 4) is 16.9 Å². The lowest BCUT2D eigenvalue weighted by Crippen LogP contribution is -2.49. The molecule has 0 N–H and O–H groups in total. The topological polar surface area (TPSA) is 63.0 Å². The molecule has 7 heteroatoms. The van der Waals surface area contributed by atoms with Gasteiger partial charge in [-0.05, 0) is 30.5 Å². The number of fused-ring (bicyclic) bond motifs is 1. The molecule has 2 aromatic heterocycles. The van der Waals surface area contributed by atoms with E-state index in [0.29, 0.717) is 18.7 Å². The van der Waals surface area contributed by atoms with Crippen molar-refractivity contribution < 1.29 is 9.53 Å². The van der Waals surface area contributed by atoms with Gasteiger partial charge in [-0.2, -0.15) is 5.10 Å². The highest BCUT2D eigenvalue weighted by atomic mass is 16.5. The Morgan fingerprint density at radius 2 is 1.66 bits per heavy atom. The second-order valence-electron chi connectivity index (χ2n) is 9.22. The fourth-order valence-electron chi connectivity index (χ4n) is 4.98. The Hall–Kier alpha value is -3.87. The first kappa shape index (κ1) is 22.9. The number of rotatable bonds is 5. The molecule has 0 unspecified atom stereocenters. The van der Waals surface area contributed by atoms with Gasteiger partial charge in [0.25, 0.3) is 5.91 Å². The number of para-hydroxylation sites is 2. The molecule has 0 radical (unpaired) electrons. The monoisotopic (exact) mass is 469 g/mol. The highest BCUT2D eigenvalue weighted by Gasteiger charge is 2.28. The van der Waals surface area contributed by atoms with Crippen LogP contribution in [0.15, 0.2) is 60.8 Å². The van der Waals surface area contributed by atoms with Crippen molar-refractivity contribution in [3.63, 3.8) is 0 Å². The van der Waals surface area contributed by atoms with Crippen LogP contribution in [0.4, 0.5) is 5.69 Å². The average molecular weight is 470 g/mol. The van der Waals surface area contributed by atoms with Gasteiger partial charge < -0.3 is 14.5 Å². The summed E-state index contributed by atoms with van der Waals surface area (Å²) in [5.74, 6) is 0.974. The number of anilines is 1. The number of carbonyl (C=O) groups is 1. The first-order chi connectivity index (χ1) is 17.0. The Labute approximate surface area is 206 Å². The van der Waals surface area contributed by atoms with Crippen molar-refractivity contribution in [2.24, 2.45) is 0 Å². The number of methoxy groups -OCH3 is 1. The summed E-state index contributed by atoms with van der Waals surface area (Å²) < 4.78 is 7.40. The maximum absolute atomic E-state index is 13.7. The summed E-state index contributed by atoms with van der Waals surface area (Å²) in [7, 11) is 1.69. The van der Waals surface area contributed by atoms with E-state index >= 15 is 0 Å². The predicted molar refractivity (Wildman–Crippen MR) is 138 cm³/mol. The molecule has 1 aliphatic rings. The number of benzene rings is 2. The molecule has 0 saturated carbocycles. The molecule has 1 fully saturated rings. The zero-order chi connectivity index (χ0) is 24.5. The van der Waals surface area contributed by atoms with E-state index < -0.39 is 0 Å². The summed E-state index contributed by atoms with van der Waals surface area (Å²) in [6.07, 6.45) is 1.74. The number of aryl methyl sites for hydroxylation is 1. The maximum Gasteiger partial charge on any atom is 0.257 e. The van der Waals surface area contributed by atoms with Crippen LogP contribution in [-0.2, 0) is 0 Å². The molecule has 0 spiro atoms. The van der Waals surface area contributed by atoms with Gasteiger partial charge in [0.05, 0.1) is 29.7 Å². The van der Waals surface area contributed by atoms with Gasteiger partial charge in [0.1, 0.15) is 5.75 Å². The fourth-order valence-corrected chi connectivity index (χ4v) is 4.98. The number of amides is 1. The normalized spacial score (nSPS) is 14.1. The van der Waals surface area contributed by atoms with Gasteiger partial charge in [-0.1, -0.05) is 56.3 Å². The van der Waals surface area contributed by atoms with Gasteiger partial charge in [0, 0.05) is 37.9 Å². The van der Waals surface area contributed by atoms with E-state index in [1.807, 2.05) is 52.7 Å². The Morgan fingerprint density at radius 3 is 2.34 bits per heavy atom. The summed E-state index contributed by atoms with van der Waals surface area (Å²) in [6.45, 7) is 8.98. The lowest BCUT2D eigenvalue weighted by molar-refractivity contribution is 0.0743. The molecule has 7 nitrogen and oxygen atoms in total. The predicted octanol–water partition coefficient (Wildman–Crippen LogP) is 4.80. The van der Waals surface area contributed by atoms with Crippen molar-refractivity contribution in [2.45, 2.75) is 26.7 Å². The number of hydrogen-bond acceptors (Lipinski definition) is 5. The minimum absolute atomic E-state index is 0.0113. The van der Waals surface area contributed by atoms with Gasteiger partial charge in [-0.25, -0.2) is 9.50 Å². The molecule has 180 valence electrons. The van der Waals surface area contributed by atoms with E-state index in [2.05, 4.69) is 36.9 Å². The highest BCUT2D eigenvalue weighted by Crippen LogP contribution is 2.32. The number of carbonyl (C=O) groups excluding carboxylic acids is 1. The minimum Gasteiger partial charge on any atom is -0.495 e. The van der Waals surface area contributed by atoms with Crippen molar-refractivity contribution in [2.75, 3.05) is 38.2 Å². The lowest BCUT2D eigenvalue weighted by Gasteiger charge is -2.37. The van der Waals surface area contributed by atoms with E-state index in [9.17, 15) is 4.79 Å². The van der Waals surface area contributed by atoms with Gasteiger partial charge in [-0.3, -0.25) is 4.79 Å². The fraction of sp³-hybridized carbons (Fsp3) is 0.321. The number of ether oxygens (including phenoxy) is 1. The van der Waals surface area contributed by atoms with Crippen molar-refractivity contribution in [1.29, 1.82) is 0 Å². The van der Waals surface area contributed by atoms with E-state index in [0.717, 1.165) is 52.7 Å². The number of aromatic nitrogens is 3. The third-order valence-corrected chi connectivity index (χ3v) is 6.69. The number of nitrogens with zero attached hydrogens (tertiary/aromatic N) is 5. The summed E-state index contributed by atoms with van der Waals surface area (Å²) in [5, 5.41) is 4.83. The lowest BCUT2D eigenvalue weighted by atomic mass is 10.0. The third kappa shape index (κ3) is 4.11. The standard InChI is InChI=1S/C28H31N5O2/c1-19(2)26-22(18-29-27-25(20(3)30-33(26)27)21-10-6-5-7-11-21)28(34)32-16-14-31(15-17-32)23-12-8-9-13-24(23)35-4/h5-13,18-19H,14-17H2,1-4H3. The van der Waals surface area contributed by atoms with Crippen LogP contribution in [-0.4, -0.2) is 58.7 Å². The van der Waals surface area contributed by atoms with Crippen LogP contribution in [0.5, 0.6) is 5.75 Å². The van der Waals surface area contributed by atoms with Gasteiger partial charge in [0.2, 0.25) is 0 Å². The van der Waals surface area contributed by atoms with Gasteiger partial charge >= 0.3 is 0 Å². The molecule has 0 aliphatic carbocycles. The Kier molecular flexibility index (Phi) is 6.16. The summed E-state index contributed by atoms with van der Waals surface area (Å²) in [4.78, 5) is 22.6. The molecule has 5 rings (SSSR count). The maximum atomic E-state index is 13.7. The van der Waals surface area contributed by atoms with Crippen molar-refractivity contribution in [1.82, 2.24) is 19.5 Å². The molecule has 3 heterocycles. The van der Waals surface area contributed by atoms with Crippen LogP contribution in [0.1, 0.15) is 41.5 Å². The molecule has 1 amide bonds. The molecule has 0 bridgehead atoms. The number of piperazine rings is 1. The van der Waals surface area contributed by atoms with Gasteiger partial charge in [-0.15, -0.1) is 0 Å². The summed E-state index contributed by atoms with van der Waals surface area (Å²) >= 11 is 0. The second-order valence-corrected chi connectivity index (χ2v) is 9.22. The van der Waals surface area contributed by atoms with Crippen molar-refractivity contribution >= 4 is 17.2 Å². The Balaban J connectivity index is 1.45. The second kappa shape index (κ2) is 9.41. The van der Waals surface area contributed by atoms with Crippen LogP contribution < -0.4 is 9.64 Å². The van der Waals surface area contributed by atoms with E-state index in [4.69, 9.17) is 14.8 Å². The molecular weight excluding hydrogens is 438 g/mol. The summed E-state index contributed by atoms with van der Waals surface area (Å²) in [5.41, 5.74) is 6.37. The molecule has 1 aliphatic heterocycles. The van der Waals surface area contributed by atoms with Crippen LogP contribution in [0.2, 0.25) is 0 Å². The van der Waals surface area contributed by atoms with Crippen LogP contribution in [0, 0.1) is 6.92 Å². The molecule has 4 aromatic rings. The average Bonchev–Trinajstić information content (AvgIpc) is 3.23. The Bertz CT molecular complexity index is 1350.